The minimum Gasteiger partial charge on any atom is -0.463 e. The SMILES string of the molecule is CCOC(=O)C1=C(C(F)(F)F)NC(C)=C(C(=O)OC(C)n2cc3ccccc3c2)C1c1cccc([N+](=O)[O-])c1. The molecule has 2 atom stereocenters. The molecule has 0 amide bonds. The molecule has 1 aliphatic rings. The highest BCUT2D eigenvalue weighted by Gasteiger charge is 2.47. The Morgan fingerprint density at radius 1 is 1.08 bits per heavy atom. The first-order valence-electron chi connectivity index (χ1n) is 11.9. The molecule has 39 heavy (non-hydrogen) atoms. The van der Waals surface area contributed by atoms with E-state index < -0.39 is 52.1 Å². The van der Waals surface area contributed by atoms with Gasteiger partial charge in [-0.25, -0.2) is 9.59 Å². The maximum absolute atomic E-state index is 14.1. The first-order chi connectivity index (χ1) is 18.4. The van der Waals surface area contributed by atoms with Gasteiger partial charge in [-0.1, -0.05) is 36.4 Å². The molecule has 2 unspecified atom stereocenters. The Morgan fingerprint density at radius 2 is 1.72 bits per heavy atom. The predicted octanol–water partition coefficient (Wildman–Crippen LogP) is 5.65. The van der Waals surface area contributed by atoms with E-state index in [-0.39, 0.29) is 23.4 Å². The molecule has 1 aromatic heterocycles. The molecule has 3 aromatic rings. The Balaban J connectivity index is 1.83. The molecular weight excluding hydrogens is 519 g/mol. The van der Waals surface area contributed by atoms with Crippen molar-refractivity contribution in [2.24, 2.45) is 0 Å². The first kappa shape index (κ1) is 27.4. The zero-order valence-electron chi connectivity index (χ0n) is 21.1. The zero-order chi connectivity index (χ0) is 28.5. The van der Waals surface area contributed by atoms with E-state index in [1.165, 1.54) is 26.0 Å². The molecule has 0 saturated carbocycles. The topological polar surface area (TPSA) is 113 Å². The summed E-state index contributed by atoms with van der Waals surface area (Å²) < 4.78 is 54.6. The summed E-state index contributed by atoms with van der Waals surface area (Å²) in [5.74, 6) is -3.99. The fraction of sp³-hybridized carbons (Fsp3) is 0.259. The molecule has 0 fully saturated rings. The highest BCUT2D eigenvalue weighted by atomic mass is 19.4. The molecule has 0 spiro atoms. The molecule has 204 valence electrons. The monoisotopic (exact) mass is 543 g/mol. The summed E-state index contributed by atoms with van der Waals surface area (Å²) in [6.07, 6.45) is -2.42. The van der Waals surface area contributed by atoms with E-state index in [1.54, 1.807) is 23.9 Å². The number of fused-ring (bicyclic) bond motifs is 1. The number of rotatable bonds is 7. The van der Waals surface area contributed by atoms with E-state index in [1.807, 2.05) is 24.3 Å². The van der Waals surface area contributed by atoms with Gasteiger partial charge in [0, 0.05) is 30.2 Å². The number of nitro groups is 1. The molecular formula is C27H24F3N3O6. The van der Waals surface area contributed by atoms with Gasteiger partial charge in [0.1, 0.15) is 5.70 Å². The van der Waals surface area contributed by atoms with Crippen LogP contribution in [0.25, 0.3) is 10.8 Å². The quantitative estimate of drug-likeness (QED) is 0.233. The van der Waals surface area contributed by atoms with E-state index in [2.05, 4.69) is 5.32 Å². The van der Waals surface area contributed by atoms with Gasteiger partial charge in [0.05, 0.1) is 28.6 Å². The number of carbonyl (C=O) groups excluding carboxylic acids is 2. The highest BCUT2D eigenvalue weighted by Crippen LogP contribution is 2.44. The largest absolute Gasteiger partial charge is 0.463 e. The van der Waals surface area contributed by atoms with E-state index in [0.29, 0.717) is 0 Å². The van der Waals surface area contributed by atoms with Crippen molar-refractivity contribution in [2.75, 3.05) is 6.61 Å². The second-order valence-corrected chi connectivity index (χ2v) is 8.79. The molecule has 2 heterocycles. The third kappa shape index (κ3) is 5.49. The second-order valence-electron chi connectivity index (χ2n) is 8.79. The van der Waals surface area contributed by atoms with Gasteiger partial charge in [-0.3, -0.25) is 10.1 Å². The summed E-state index contributed by atoms with van der Waals surface area (Å²) >= 11 is 0. The average molecular weight is 543 g/mol. The van der Waals surface area contributed by atoms with Crippen molar-refractivity contribution < 1.29 is 37.2 Å². The van der Waals surface area contributed by atoms with Gasteiger partial charge >= 0.3 is 18.1 Å². The van der Waals surface area contributed by atoms with Crippen LogP contribution in [0.1, 0.15) is 38.5 Å². The smallest absolute Gasteiger partial charge is 0.431 e. The lowest BCUT2D eigenvalue weighted by atomic mass is 9.80. The van der Waals surface area contributed by atoms with Gasteiger partial charge in [-0.05, 0) is 37.1 Å². The Hall–Kier alpha value is -4.61. The third-order valence-electron chi connectivity index (χ3n) is 6.25. The normalized spacial score (nSPS) is 16.6. The summed E-state index contributed by atoms with van der Waals surface area (Å²) in [6.45, 7) is 4.00. The van der Waals surface area contributed by atoms with Crippen LogP contribution in [-0.4, -0.2) is 34.2 Å². The molecule has 1 N–H and O–H groups in total. The number of non-ortho nitro benzene ring substituents is 1. The average Bonchev–Trinajstić information content (AvgIpc) is 3.32. The fourth-order valence-corrected chi connectivity index (χ4v) is 4.50. The van der Waals surface area contributed by atoms with Gasteiger partial charge in [0.2, 0.25) is 0 Å². The zero-order valence-corrected chi connectivity index (χ0v) is 21.1. The molecule has 0 aliphatic carbocycles. The molecule has 0 radical (unpaired) electrons. The summed E-state index contributed by atoms with van der Waals surface area (Å²) in [6, 6.07) is 12.2. The van der Waals surface area contributed by atoms with Gasteiger partial charge < -0.3 is 19.4 Å². The minimum absolute atomic E-state index is 0.0823. The number of alkyl halides is 3. The number of ether oxygens (including phenoxy) is 2. The number of hydrogen-bond donors (Lipinski definition) is 1. The number of aromatic nitrogens is 1. The number of halogens is 3. The standard InChI is InChI=1S/C27H24F3N3O6/c1-4-38-25(34)23-22(17-10-7-11-20(12-17)33(36)37)21(15(2)31-24(23)27(28,29)30)26(35)39-16(3)32-13-18-8-5-6-9-19(18)14-32/h5-14,16,22,31H,4H2,1-3H3. The van der Waals surface area contributed by atoms with E-state index in [0.717, 1.165) is 22.9 Å². The molecule has 0 saturated heterocycles. The van der Waals surface area contributed by atoms with Crippen molar-refractivity contribution in [3.8, 4) is 0 Å². The number of dihydropyridines is 1. The van der Waals surface area contributed by atoms with Crippen molar-refractivity contribution in [1.82, 2.24) is 9.88 Å². The number of benzene rings is 2. The number of carbonyl (C=O) groups is 2. The van der Waals surface area contributed by atoms with Crippen molar-refractivity contribution in [1.29, 1.82) is 0 Å². The van der Waals surface area contributed by atoms with Crippen LogP contribution in [0.2, 0.25) is 0 Å². The lowest BCUT2D eigenvalue weighted by molar-refractivity contribution is -0.384. The summed E-state index contributed by atoms with van der Waals surface area (Å²) in [5, 5.41) is 15.3. The van der Waals surface area contributed by atoms with Gasteiger partial charge in [0.25, 0.3) is 5.69 Å². The number of nitrogens with zero attached hydrogens (tertiary/aromatic N) is 2. The number of esters is 2. The van der Waals surface area contributed by atoms with Gasteiger partial charge in [0.15, 0.2) is 6.23 Å². The lowest BCUT2D eigenvalue weighted by Gasteiger charge is -2.32. The maximum Gasteiger partial charge on any atom is 0.431 e. The molecule has 0 bridgehead atoms. The van der Waals surface area contributed by atoms with Crippen molar-refractivity contribution in [3.05, 3.63) is 99.1 Å². The van der Waals surface area contributed by atoms with Crippen LogP contribution in [0.15, 0.2) is 83.5 Å². The molecule has 4 rings (SSSR count). The van der Waals surface area contributed by atoms with E-state index in [4.69, 9.17) is 9.47 Å². The Kier molecular flexibility index (Phi) is 7.48. The van der Waals surface area contributed by atoms with Crippen LogP contribution in [0.5, 0.6) is 0 Å². The van der Waals surface area contributed by atoms with Crippen LogP contribution in [0.4, 0.5) is 18.9 Å². The number of hydrogen-bond acceptors (Lipinski definition) is 7. The highest BCUT2D eigenvalue weighted by molar-refractivity contribution is 6.00. The van der Waals surface area contributed by atoms with Crippen LogP contribution < -0.4 is 5.32 Å². The summed E-state index contributed by atoms with van der Waals surface area (Å²) in [4.78, 5) is 37.2. The summed E-state index contributed by atoms with van der Waals surface area (Å²) in [5.41, 5.74) is -3.36. The molecule has 2 aromatic carbocycles. The third-order valence-corrected chi connectivity index (χ3v) is 6.25. The van der Waals surface area contributed by atoms with Crippen LogP contribution in [-0.2, 0) is 19.1 Å². The van der Waals surface area contributed by atoms with E-state index in [9.17, 15) is 32.9 Å². The van der Waals surface area contributed by atoms with E-state index >= 15 is 0 Å². The Bertz CT molecular complexity index is 1490. The number of nitro benzene ring substituents is 1. The minimum atomic E-state index is -5.03. The van der Waals surface area contributed by atoms with Crippen LogP contribution >= 0.6 is 0 Å². The Morgan fingerprint density at radius 3 is 2.28 bits per heavy atom. The van der Waals surface area contributed by atoms with Crippen LogP contribution in [0, 0.1) is 10.1 Å². The van der Waals surface area contributed by atoms with Crippen molar-refractivity contribution in [3.63, 3.8) is 0 Å². The molecule has 9 nitrogen and oxygen atoms in total. The summed E-state index contributed by atoms with van der Waals surface area (Å²) in [7, 11) is 0. The lowest BCUT2D eigenvalue weighted by Crippen LogP contribution is -2.38. The first-order valence-corrected chi connectivity index (χ1v) is 11.9. The Labute approximate surface area is 220 Å². The molecule has 1 aliphatic heterocycles. The number of nitrogens with one attached hydrogen (secondary N) is 1. The van der Waals surface area contributed by atoms with Crippen LogP contribution in [0.3, 0.4) is 0 Å². The maximum atomic E-state index is 14.1. The van der Waals surface area contributed by atoms with Crippen molar-refractivity contribution in [2.45, 2.75) is 39.1 Å². The molecule has 12 heteroatoms. The fourth-order valence-electron chi connectivity index (χ4n) is 4.50. The van der Waals surface area contributed by atoms with Gasteiger partial charge in [-0.15, -0.1) is 0 Å². The second kappa shape index (κ2) is 10.6. The number of allylic oxidation sites excluding steroid dienone is 2. The van der Waals surface area contributed by atoms with Crippen molar-refractivity contribution >= 4 is 28.4 Å². The van der Waals surface area contributed by atoms with Gasteiger partial charge in [-0.2, -0.15) is 13.2 Å². The predicted molar refractivity (Wildman–Crippen MR) is 134 cm³/mol.